The van der Waals surface area contributed by atoms with Crippen molar-refractivity contribution in [3.05, 3.63) is 17.3 Å². The molecule has 3 rings (SSSR count). The average Bonchev–Trinajstić information content (AvgIpc) is 2.98. The summed E-state index contributed by atoms with van der Waals surface area (Å²) in [6.07, 6.45) is -0.0626. The molecule has 2 N–H and O–H groups in total. The molecule has 1 atom stereocenters. The van der Waals surface area contributed by atoms with Gasteiger partial charge in [0.05, 0.1) is 12.3 Å². The van der Waals surface area contributed by atoms with E-state index in [0.29, 0.717) is 17.4 Å². The van der Waals surface area contributed by atoms with Crippen LogP contribution in [0.4, 0.5) is 5.69 Å². The van der Waals surface area contributed by atoms with Gasteiger partial charge in [-0.1, -0.05) is 5.16 Å². The predicted octanol–water partition coefficient (Wildman–Crippen LogP) is 2.18. The van der Waals surface area contributed by atoms with Crippen LogP contribution in [-0.2, 0) is 4.74 Å². The van der Waals surface area contributed by atoms with Crippen molar-refractivity contribution in [1.29, 1.82) is 0 Å². The van der Waals surface area contributed by atoms with E-state index in [2.05, 4.69) is 10.1 Å². The van der Waals surface area contributed by atoms with Crippen LogP contribution in [0, 0.1) is 0 Å². The maximum Gasteiger partial charge on any atom is 0.270 e. The third-order valence-electron chi connectivity index (χ3n) is 2.44. The number of thioether (sulfide) groups is 1. The molecule has 17 heavy (non-hydrogen) atoms. The smallest absolute Gasteiger partial charge is 0.270 e. The van der Waals surface area contributed by atoms with Gasteiger partial charge in [0.2, 0.25) is 5.82 Å². The zero-order valence-electron chi connectivity index (χ0n) is 8.96. The van der Waals surface area contributed by atoms with E-state index in [1.54, 1.807) is 0 Å². The zero-order valence-corrected chi connectivity index (χ0v) is 10.6. The van der Waals surface area contributed by atoms with Crippen LogP contribution < -0.4 is 5.73 Å². The first-order chi connectivity index (χ1) is 8.34. The van der Waals surface area contributed by atoms with E-state index in [-0.39, 0.29) is 6.10 Å². The van der Waals surface area contributed by atoms with Crippen molar-refractivity contribution in [3.63, 3.8) is 0 Å². The molecule has 0 aliphatic carbocycles. The zero-order chi connectivity index (χ0) is 11.7. The SMILES string of the molecule is Nc1ccsc1-c1nc(C2CSCCO2)no1. The number of hydrogen-bond acceptors (Lipinski definition) is 7. The molecule has 1 aliphatic rings. The quantitative estimate of drug-likeness (QED) is 0.900. The normalized spacial score (nSPS) is 20.6. The number of anilines is 1. The fourth-order valence-corrected chi connectivity index (χ4v) is 3.17. The van der Waals surface area contributed by atoms with E-state index in [9.17, 15) is 0 Å². The Labute approximate surface area is 106 Å². The summed E-state index contributed by atoms with van der Waals surface area (Å²) in [5.74, 6) is 2.99. The monoisotopic (exact) mass is 269 g/mol. The predicted molar refractivity (Wildman–Crippen MR) is 68.0 cm³/mol. The van der Waals surface area contributed by atoms with Gasteiger partial charge in [-0.15, -0.1) is 11.3 Å². The van der Waals surface area contributed by atoms with Gasteiger partial charge in [-0.25, -0.2) is 0 Å². The maximum absolute atomic E-state index is 5.81. The number of ether oxygens (including phenoxy) is 1. The number of nitrogen functional groups attached to an aromatic ring is 1. The summed E-state index contributed by atoms with van der Waals surface area (Å²) in [4.78, 5) is 5.18. The summed E-state index contributed by atoms with van der Waals surface area (Å²) >= 11 is 3.33. The molecule has 1 aliphatic heterocycles. The van der Waals surface area contributed by atoms with Crippen molar-refractivity contribution >= 4 is 28.8 Å². The van der Waals surface area contributed by atoms with Crippen molar-refractivity contribution in [1.82, 2.24) is 10.1 Å². The van der Waals surface area contributed by atoms with Crippen LogP contribution in [-0.4, -0.2) is 28.3 Å². The van der Waals surface area contributed by atoms with E-state index < -0.39 is 0 Å². The molecular weight excluding hydrogens is 258 g/mol. The minimum Gasteiger partial charge on any atom is -0.397 e. The van der Waals surface area contributed by atoms with Gasteiger partial charge in [0.15, 0.2) is 0 Å². The Morgan fingerprint density at radius 2 is 2.41 bits per heavy atom. The molecule has 2 aromatic heterocycles. The van der Waals surface area contributed by atoms with Gasteiger partial charge in [0.25, 0.3) is 5.89 Å². The second kappa shape index (κ2) is 4.67. The third kappa shape index (κ3) is 2.18. The molecule has 5 nitrogen and oxygen atoms in total. The first kappa shape index (κ1) is 11.1. The highest BCUT2D eigenvalue weighted by molar-refractivity contribution is 7.99. The molecule has 0 radical (unpaired) electrons. The fraction of sp³-hybridized carbons (Fsp3) is 0.400. The van der Waals surface area contributed by atoms with E-state index >= 15 is 0 Å². The van der Waals surface area contributed by atoms with Crippen LogP contribution in [0.15, 0.2) is 16.0 Å². The second-order valence-electron chi connectivity index (χ2n) is 3.60. The summed E-state index contributed by atoms with van der Waals surface area (Å²) < 4.78 is 10.8. The summed E-state index contributed by atoms with van der Waals surface area (Å²) in [5.41, 5.74) is 6.48. The van der Waals surface area contributed by atoms with Crippen molar-refractivity contribution in [2.75, 3.05) is 23.8 Å². The van der Waals surface area contributed by atoms with Crippen molar-refractivity contribution in [2.45, 2.75) is 6.10 Å². The standard InChI is InChI=1S/C10H11N3O2S2/c11-6-1-3-17-8(6)10-12-9(13-15-10)7-5-16-4-2-14-7/h1,3,7H,2,4-5,11H2. The lowest BCUT2D eigenvalue weighted by Crippen LogP contribution is -2.16. The topological polar surface area (TPSA) is 74.2 Å². The molecule has 0 spiro atoms. The number of aromatic nitrogens is 2. The number of rotatable bonds is 2. The number of thiophene rings is 1. The lowest BCUT2D eigenvalue weighted by atomic mass is 10.3. The highest BCUT2D eigenvalue weighted by Crippen LogP contribution is 2.32. The van der Waals surface area contributed by atoms with Crippen LogP contribution in [0.2, 0.25) is 0 Å². The third-order valence-corrected chi connectivity index (χ3v) is 4.35. The van der Waals surface area contributed by atoms with E-state index in [1.165, 1.54) is 11.3 Å². The summed E-state index contributed by atoms with van der Waals surface area (Å²) in [5, 5.41) is 5.87. The van der Waals surface area contributed by atoms with Crippen molar-refractivity contribution in [3.8, 4) is 10.8 Å². The molecule has 0 amide bonds. The Morgan fingerprint density at radius 1 is 1.47 bits per heavy atom. The van der Waals surface area contributed by atoms with Crippen LogP contribution in [0.5, 0.6) is 0 Å². The molecule has 1 fully saturated rings. The molecule has 0 aromatic carbocycles. The number of nitrogens with zero attached hydrogens (tertiary/aromatic N) is 2. The molecule has 2 aromatic rings. The molecule has 1 saturated heterocycles. The fourth-order valence-electron chi connectivity index (χ4n) is 1.59. The number of nitrogens with two attached hydrogens (primary N) is 1. The second-order valence-corrected chi connectivity index (χ2v) is 5.66. The molecule has 3 heterocycles. The summed E-state index contributed by atoms with van der Waals surface area (Å²) in [7, 11) is 0. The van der Waals surface area contributed by atoms with E-state index in [1.807, 2.05) is 23.2 Å². The van der Waals surface area contributed by atoms with Crippen molar-refractivity contribution < 1.29 is 9.26 Å². The lowest BCUT2D eigenvalue weighted by Gasteiger charge is -2.18. The van der Waals surface area contributed by atoms with Gasteiger partial charge in [0.1, 0.15) is 11.0 Å². The van der Waals surface area contributed by atoms with Crippen LogP contribution >= 0.6 is 23.1 Å². The summed E-state index contributed by atoms with van der Waals surface area (Å²) in [6, 6.07) is 1.83. The van der Waals surface area contributed by atoms with Crippen molar-refractivity contribution in [2.24, 2.45) is 0 Å². The van der Waals surface area contributed by atoms with Gasteiger partial charge in [-0.3, -0.25) is 0 Å². The number of hydrogen-bond donors (Lipinski definition) is 1. The van der Waals surface area contributed by atoms with E-state index in [0.717, 1.165) is 23.0 Å². The van der Waals surface area contributed by atoms with Gasteiger partial charge in [-0.2, -0.15) is 16.7 Å². The summed E-state index contributed by atoms with van der Waals surface area (Å²) in [6.45, 7) is 0.736. The average molecular weight is 269 g/mol. The Morgan fingerprint density at radius 3 is 3.12 bits per heavy atom. The Kier molecular flexibility index (Phi) is 3.04. The molecule has 0 saturated carbocycles. The van der Waals surface area contributed by atoms with Gasteiger partial charge in [0, 0.05) is 11.5 Å². The Bertz CT molecular complexity index is 505. The first-order valence-electron chi connectivity index (χ1n) is 5.21. The van der Waals surface area contributed by atoms with Crippen LogP contribution in [0.1, 0.15) is 11.9 Å². The molecular formula is C10H11N3O2S2. The minimum absolute atomic E-state index is 0.0626. The minimum atomic E-state index is -0.0626. The van der Waals surface area contributed by atoms with Gasteiger partial charge >= 0.3 is 0 Å². The highest BCUT2D eigenvalue weighted by Gasteiger charge is 2.23. The molecule has 7 heteroatoms. The van der Waals surface area contributed by atoms with Gasteiger partial charge in [-0.05, 0) is 11.4 Å². The van der Waals surface area contributed by atoms with Crippen LogP contribution in [0.25, 0.3) is 10.8 Å². The highest BCUT2D eigenvalue weighted by atomic mass is 32.2. The van der Waals surface area contributed by atoms with Gasteiger partial charge < -0.3 is 15.0 Å². The maximum atomic E-state index is 5.81. The lowest BCUT2D eigenvalue weighted by molar-refractivity contribution is 0.0677. The van der Waals surface area contributed by atoms with E-state index in [4.69, 9.17) is 15.0 Å². The molecule has 0 bridgehead atoms. The molecule has 1 unspecified atom stereocenters. The largest absolute Gasteiger partial charge is 0.397 e. The Balaban J connectivity index is 1.85. The molecule has 90 valence electrons. The Hall–Kier alpha value is -1.05. The van der Waals surface area contributed by atoms with Crippen LogP contribution in [0.3, 0.4) is 0 Å². The first-order valence-corrected chi connectivity index (χ1v) is 7.24.